The van der Waals surface area contributed by atoms with E-state index in [4.69, 9.17) is 9.47 Å². The summed E-state index contributed by atoms with van der Waals surface area (Å²) in [7, 11) is 1.93. The minimum absolute atomic E-state index is 0. The molecule has 2 fully saturated rings. The van der Waals surface area contributed by atoms with Crippen molar-refractivity contribution in [3.05, 3.63) is 70.5 Å². The van der Waals surface area contributed by atoms with Crippen LogP contribution in [0.15, 0.2) is 42.7 Å². The number of rotatable bonds is 4. The SMILES string of the molecule is Cn1cc(-c2cccc(CN3CCC4(CC3)COc3c4cc(C#N)c4c3CN([C@H]3CCCOCNC3=O)C4=O)c2)cn1.[HH]. The minimum Gasteiger partial charge on any atom is -0.492 e. The van der Waals surface area contributed by atoms with Crippen molar-refractivity contribution in [2.24, 2.45) is 7.05 Å². The van der Waals surface area contributed by atoms with Crippen LogP contribution in [0, 0.1) is 11.3 Å². The maximum absolute atomic E-state index is 13.6. The zero-order valence-electron chi connectivity index (χ0n) is 23.8. The third kappa shape index (κ3) is 4.53. The fourth-order valence-electron chi connectivity index (χ4n) is 7.04. The topological polar surface area (TPSA) is 113 Å². The first-order chi connectivity index (χ1) is 20.5. The molecule has 4 aliphatic heterocycles. The lowest BCUT2D eigenvalue weighted by atomic mass is 9.73. The Labute approximate surface area is 246 Å². The van der Waals surface area contributed by atoms with E-state index in [0.29, 0.717) is 37.2 Å². The van der Waals surface area contributed by atoms with E-state index in [1.807, 2.05) is 30.2 Å². The average molecular weight is 569 g/mol. The largest absolute Gasteiger partial charge is 0.492 e. The fourth-order valence-corrected chi connectivity index (χ4v) is 7.04. The number of benzene rings is 2. The predicted molar refractivity (Wildman–Crippen MR) is 155 cm³/mol. The number of fused-ring (bicyclic) bond motifs is 4. The number of ether oxygens (including phenoxy) is 2. The molecule has 7 rings (SSSR count). The number of nitrogens with zero attached hydrogens (tertiary/aromatic N) is 5. The van der Waals surface area contributed by atoms with Gasteiger partial charge in [-0.2, -0.15) is 10.4 Å². The molecule has 0 unspecified atom stereocenters. The normalized spacial score (nSPS) is 21.7. The maximum Gasteiger partial charge on any atom is 0.256 e. The van der Waals surface area contributed by atoms with Crippen LogP contribution in [0.3, 0.4) is 0 Å². The Hall–Kier alpha value is -4.20. The number of amides is 2. The molecule has 0 bridgehead atoms. The van der Waals surface area contributed by atoms with Crippen molar-refractivity contribution in [1.29, 1.82) is 5.26 Å². The van der Waals surface area contributed by atoms with Crippen molar-refractivity contribution < 1.29 is 20.5 Å². The van der Waals surface area contributed by atoms with Crippen molar-refractivity contribution in [1.82, 2.24) is 24.9 Å². The summed E-state index contributed by atoms with van der Waals surface area (Å²) in [6.07, 6.45) is 6.94. The van der Waals surface area contributed by atoms with E-state index in [-0.39, 0.29) is 31.9 Å². The Morgan fingerprint density at radius 3 is 2.86 bits per heavy atom. The molecule has 1 aromatic heterocycles. The lowest BCUT2D eigenvalue weighted by Gasteiger charge is -2.38. The summed E-state index contributed by atoms with van der Waals surface area (Å²) < 4.78 is 13.6. The van der Waals surface area contributed by atoms with Crippen LogP contribution in [-0.4, -0.2) is 70.5 Å². The minimum atomic E-state index is -0.591. The molecule has 10 heteroatoms. The van der Waals surface area contributed by atoms with Crippen LogP contribution >= 0.6 is 0 Å². The summed E-state index contributed by atoms with van der Waals surface area (Å²) in [6.45, 7) is 4.18. The number of piperidine rings is 1. The molecule has 3 aromatic rings. The Kier molecular flexibility index (Phi) is 6.72. The number of likely N-dealkylation sites (tertiary alicyclic amines) is 1. The fraction of sp³-hybridized carbons (Fsp3) is 0.438. The van der Waals surface area contributed by atoms with Crippen LogP contribution in [0.2, 0.25) is 0 Å². The Morgan fingerprint density at radius 2 is 2.07 bits per heavy atom. The first-order valence-corrected chi connectivity index (χ1v) is 14.7. The molecule has 1 N–H and O–H groups in total. The lowest BCUT2D eigenvalue weighted by molar-refractivity contribution is -0.129. The monoisotopic (exact) mass is 568 g/mol. The van der Waals surface area contributed by atoms with Gasteiger partial charge in [0.2, 0.25) is 5.91 Å². The van der Waals surface area contributed by atoms with Gasteiger partial charge >= 0.3 is 0 Å². The van der Waals surface area contributed by atoms with Gasteiger partial charge in [0, 0.05) is 49.9 Å². The third-order valence-corrected chi connectivity index (χ3v) is 9.34. The van der Waals surface area contributed by atoms with Crippen LogP contribution < -0.4 is 10.1 Å². The highest BCUT2D eigenvalue weighted by molar-refractivity contribution is 6.04. The maximum atomic E-state index is 13.6. The van der Waals surface area contributed by atoms with E-state index in [9.17, 15) is 14.9 Å². The number of aryl methyl sites for hydroxylation is 1. The molecular weight excluding hydrogens is 532 g/mol. The van der Waals surface area contributed by atoms with Gasteiger partial charge in [-0.05, 0) is 62.0 Å². The van der Waals surface area contributed by atoms with Gasteiger partial charge in [0.15, 0.2) is 0 Å². The number of hydrogen-bond acceptors (Lipinski definition) is 7. The molecule has 2 aromatic carbocycles. The van der Waals surface area contributed by atoms with Gasteiger partial charge in [-0.1, -0.05) is 18.2 Å². The second kappa shape index (κ2) is 10.6. The molecule has 5 heterocycles. The highest BCUT2D eigenvalue weighted by atomic mass is 16.5. The molecule has 4 aliphatic rings. The number of hydrogen-bond donors (Lipinski definition) is 1. The number of nitriles is 1. The molecule has 1 atom stereocenters. The molecule has 2 saturated heterocycles. The molecular formula is C32H36N6O4. The van der Waals surface area contributed by atoms with E-state index in [1.54, 1.807) is 4.90 Å². The summed E-state index contributed by atoms with van der Waals surface area (Å²) in [5.41, 5.74) is 5.93. The lowest BCUT2D eigenvalue weighted by Crippen LogP contribution is -2.48. The van der Waals surface area contributed by atoms with Crippen molar-refractivity contribution in [3.63, 3.8) is 0 Å². The standard InChI is InChI=1S/C32H34N6O4.H2/c1-36-17-24(15-35-36)22-5-2-4-21(12-22)16-37-9-7-32(8-10-37)19-42-29-25-18-38(27-6-3-11-41-20-34-30(27)39)31(40)28(25)23(14-33)13-26(29)32;/h2,4-5,12-13,15,17,27H,3,6-11,16,18-20H2,1H3,(H,34,39);1H/t27-;/m0./s1. The number of aromatic nitrogens is 2. The van der Waals surface area contributed by atoms with E-state index < -0.39 is 6.04 Å². The Balaban J connectivity index is 0.00000329. The molecule has 0 aliphatic carbocycles. The molecule has 0 saturated carbocycles. The van der Waals surface area contributed by atoms with Gasteiger partial charge in [-0.3, -0.25) is 19.2 Å². The van der Waals surface area contributed by atoms with E-state index in [2.05, 4.69) is 45.7 Å². The molecule has 0 radical (unpaired) electrons. The van der Waals surface area contributed by atoms with Crippen molar-refractivity contribution in [3.8, 4) is 22.9 Å². The van der Waals surface area contributed by atoms with Crippen LogP contribution in [0.25, 0.3) is 11.1 Å². The van der Waals surface area contributed by atoms with Crippen LogP contribution in [0.5, 0.6) is 5.75 Å². The van der Waals surface area contributed by atoms with Crippen LogP contribution in [-0.2, 0) is 35.1 Å². The van der Waals surface area contributed by atoms with Crippen molar-refractivity contribution in [2.45, 2.75) is 50.2 Å². The second-order valence-electron chi connectivity index (χ2n) is 11.9. The highest BCUT2D eigenvalue weighted by Gasteiger charge is 2.48. The number of nitrogens with one attached hydrogen (secondary N) is 1. The van der Waals surface area contributed by atoms with Crippen LogP contribution in [0.1, 0.15) is 59.7 Å². The summed E-state index contributed by atoms with van der Waals surface area (Å²) in [5, 5.41) is 17.2. The van der Waals surface area contributed by atoms with Crippen molar-refractivity contribution >= 4 is 11.8 Å². The Morgan fingerprint density at radius 1 is 1.21 bits per heavy atom. The first kappa shape index (κ1) is 26.7. The summed E-state index contributed by atoms with van der Waals surface area (Å²) in [4.78, 5) is 30.6. The first-order valence-electron chi connectivity index (χ1n) is 14.7. The number of carbonyl (C=O) groups excluding carboxylic acids is 2. The predicted octanol–water partition coefficient (Wildman–Crippen LogP) is 3.34. The average Bonchev–Trinajstić information content (AvgIpc) is 3.68. The zero-order chi connectivity index (χ0) is 28.8. The smallest absolute Gasteiger partial charge is 0.256 e. The van der Waals surface area contributed by atoms with Crippen LogP contribution in [0.4, 0.5) is 0 Å². The zero-order valence-corrected chi connectivity index (χ0v) is 23.8. The van der Waals surface area contributed by atoms with Gasteiger partial charge < -0.3 is 19.7 Å². The quantitative estimate of drug-likeness (QED) is 0.514. The molecule has 218 valence electrons. The molecule has 1 spiro atoms. The van der Waals surface area contributed by atoms with E-state index in [1.165, 1.54) is 11.1 Å². The summed E-state index contributed by atoms with van der Waals surface area (Å²) in [6, 6.07) is 12.2. The van der Waals surface area contributed by atoms with E-state index in [0.717, 1.165) is 54.9 Å². The molecule has 42 heavy (non-hydrogen) atoms. The molecule has 2 amide bonds. The van der Waals surface area contributed by atoms with Gasteiger partial charge in [0.25, 0.3) is 5.91 Å². The van der Waals surface area contributed by atoms with Gasteiger partial charge in [-0.15, -0.1) is 0 Å². The summed E-state index contributed by atoms with van der Waals surface area (Å²) in [5.74, 6) is 0.257. The van der Waals surface area contributed by atoms with Gasteiger partial charge in [0.1, 0.15) is 18.5 Å². The van der Waals surface area contributed by atoms with Gasteiger partial charge in [-0.25, -0.2) is 0 Å². The van der Waals surface area contributed by atoms with Gasteiger partial charge in [0.05, 0.1) is 36.5 Å². The summed E-state index contributed by atoms with van der Waals surface area (Å²) >= 11 is 0. The molecule has 10 nitrogen and oxygen atoms in total. The third-order valence-electron chi connectivity index (χ3n) is 9.34. The van der Waals surface area contributed by atoms with E-state index >= 15 is 0 Å². The Bertz CT molecular complexity index is 1610. The highest BCUT2D eigenvalue weighted by Crippen LogP contribution is 2.50. The second-order valence-corrected chi connectivity index (χ2v) is 11.9. The number of carbonyl (C=O) groups is 2. The van der Waals surface area contributed by atoms with Crippen molar-refractivity contribution in [2.75, 3.05) is 33.0 Å².